The minimum absolute atomic E-state index is 0.0215. The van der Waals surface area contributed by atoms with Gasteiger partial charge in [0.2, 0.25) is 0 Å². The Labute approximate surface area is 115 Å². The van der Waals surface area contributed by atoms with E-state index in [1.54, 1.807) is 6.92 Å². The van der Waals surface area contributed by atoms with Crippen LogP contribution in [0.25, 0.3) is 0 Å². The van der Waals surface area contributed by atoms with E-state index in [1.165, 1.54) is 12.8 Å². The smallest absolute Gasteiger partial charge is 0.131 e. The molecule has 108 valence electrons. The maximum Gasteiger partial charge on any atom is 0.131 e. The molecule has 3 heterocycles. The first-order chi connectivity index (χ1) is 9.19. The van der Waals surface area contributed by atoms with Gasteiger partial charge in [0.1, 0.15) is 5.78 Å². The summed E-state index contributed by atoms with van der Waals surface area (Å²) in [7, 11) is 0. The molecular formula is C15H25NO3. The summed E-state index contributed by atoms with van der Waals surface area (Å²) in [5, 5.41) is 0. The van der Waals surface area contributed by atoms with E-state index in [9.17, 15) is 4.79 Å². The number of Topliss-reactive ketones (excluding diaryl/α,β-unsaturated/α-hetero) is 1. The highest BCUT2D eigenvalue weighted by atomic mass is 16.6. The van der Waals surface area contributed by atoms with Crippen molar-refractivity contribution in [3.8, 4) is 0 Å². The fourth-order valence-corrected chi connectivity index (χ4v) is 4.04. The topological polar surface area (TPSA) is 38.8 Å². The number of carbonyl (C=O) groups excluding carboxylic acids is 1. The van der Waals surface area contributed by atoms with Crippen molar-refractivity contribution in [3.63, 3.8) is 0 Å². The second kappa shape index (κ2) is 5.51. The zero-order valence-corrected chi connectivity index (χ0v) is 11.9. The van der Waals surface area contributed by atoms with E-state index in [0.29, 0.717) is 17.9 Å². The van der Waals surface area contributed by atoms with Crippen LogP contribution >= 0.6 is 0 Å². The second-order valence-electron chi connectivity index (χ2n) is 6.42. The van der Waals surface area contributed by atoms with E-state index < -0.39 is 0 Å². The summed E-state index contributed by atoms with van der Waals surface area (Å²) in [6.45, 7) is 5.31. The standard InChI is InChI=1S/C15H25NO3/c1-12(17)9-13-3-2-6-16(13)14-4-7-19-15(10-14)5-8-18-11-15/h13-14H,2-11H2,1H3. The molecule has 0 bridgehead atoms. The summed E-state index contributed by atoms with van der Waals surface area (Å²) in [6, 6.07) is 1.06. The zero-order valence-electron chi connectivity index (χ0n) is 11.9. The Hall–Kier alpha value is -0.450. The van der Waals surface area contributed by atoms with E-state index in [2.05, 4.69) is 4.90 Å². The first-order valence-electron chi connectivity index (χ1n) is 7.65. The maximum atomic E-state index is 11.4. The third-order valence-electron chi connectivity index (χ3n) is 4.95. The van der Waals surface area contributed by atoms with E-state index >= 15 is 0 Å². The molecule has 19 heavy (non-hydrogen) atoms. The molecular weight excluding hydrogens is 242 g/mol. The molecule has 0 aromatic carbocycles. The molecule has 3 fully saturated rings. The first kappa shape index (κ1) is 13.5. The van der Waals surface area contributed by atoms with Gasteiger partial charge in [-0.05, 0) is 39.2 Å². The summed E-state index contributed by atoms with van der Waals surface area (Å²) < 4.78 is 11.6. The lowest BCUT2D eigenvalue weighted by Crippen LogP contribution is -2.50. The number of ether oxygens (including phenoxy) is 2. The highest BCUT2D eigenvalue weighted by Gasteiger charge is 2.44. The van der Waals surface area contributed by atoms with Gasteiger partial charge in [0.05, 0.1) is 12.2 Å². The number of nitrogens with zero attached hydrogens (tertiary/aromatic N) is 1. The molecule has 0 radical (unpaired) electrons. The monoisotopic (exact) mass is 267 g/mol. The second-order valence-corrected chi connectivity index (χ2v) is 6.42. The Balaban J connectivity index is 1.65. The van der Waals surface area contributed by atoms with E-state index in [0.717, 1.165) is 52.0 Å². The van der Waals surface area contributed by atoms with Gasteiger partial charge in [-0.3, -0.25) is 9.69 Å². The molecule has 3 atom stereocenters. The predicted octanol–water partition coefficient (Wildman–Crippen LogP) is 1.77. The Morgan fingerprint density at radius 3 is 3.00 bits per heavy atom. The van der Waals surface area contributed by atoms with Crippen molar-refractivity contribution in [1.29, 1.82) is 0 Å². The van der Waals surface area contributed by atoms with E-state index in [1.807, 2.05) is 0 Å². The average molecular weight is 267 g/mol. The van der Waals surface area contributed by atoms with Crippen molar-refractivity contribution in [2.75, 3.05) is 26.4 Å². The van der Waals surface area contributed by atoms with E-state index in [4.69, 9.17) is 9.47 Å². The fourth-order valence-electron chi connectivity index (χ4n) is 4.04. The summed E-state index contributed by atoms with van der Waals surface area (Å²) in [6.07, 6.45) is 6.37. The first-order valence-corrected chi connectivity index (χ1v) is 7.65. The number of likely N-dealkylation sites (tertiary alicyclic amines) is 1. The van der Waals surface area contributed by atoms with Crippen molar-refractivity contribution in [1.82, 2.24) is 4.90 Å². The molecule has 3 aliphatic rings. The molecule has 0 aromatic rings. The Morgan fingerprint density at radius 1 is 1.37 bits per heavy atom. The number of ketones is 1. The predicted molar refractivity (Wildman–Crippen MR) is 72.2 cm³/mol. The Morgan fingerprint density at radius 2 is 2.26 bits per heavy atom. The van der Waals surface area contributed by atoms with Gasteiger partial charge in [-0.25, -0.2) is 0 Å². The Kier molecular flexibility index (Phi) is 3.92. The van der Waals surface area contributed by atoms with Crippen LogP contribution in [0.1, 0.15) is 45.4 Å². The van der Waals surface area contributed by atoms with Crippen LogP contribution in [0.15, 0.2) is 0 Å². The lowest BCUT2D eigenvalue weighted by Gasteiger charge is -2.42. The minimum Gasteiger partial charge on any atom is -0.378 e. The van der Waals surface area contributed by atoms with Gasteiger partial charge in [-0.15, -0.1) is 0 Å². The summed E-state index contributed by atoms with van der Waals surface area (Å²) >= 11 is 0. The van der Waals surface area contributed by atoms with Crippen LogP contribution in [-0.2, 0) is 14.3 Å². The van der Waals surface area contributed by atoms with Crippen molar-refractivity contribution in [3.05, 3.63) is 0 Å². The van der Waals surface area contributed by atoms with Crippen LogP contribution in [0, 0.1) is 0 Å². The normalized spacial score (nSPS) is 40.1. The molecule has 4 heteroatoms. The highest BCUT2D eigenvalue weighted by Crippen LogP contribution is 2.37. The molecule has 4 nitrogen and oxygen atoms in total. The zero-order chi connectivity index (χ0) is 13.3. The number of hydrogen-bond acceptors (Lipinski definition) is 4. The lowest BCUT2D eigenvalue weighted by molar-refractivity contribution is -0.120. The number of carbonyl (C=O) groups is 1. The molecule has 0 N–H and O–H groups in total. The quantitative estimate of drug-likeness (QED) is 0.781. The van der Waals surface area contributed by atoms with Gasteiger partial charge in [0.15, 0.2) is 0 Å². The minimum atomic E-state index is -0.0215. The van der Waals surface area contributed by atoms with Crippen LogP contribution < -0.4 is 0 Å². The average Bonchev–Trinajstić information content (AvgIpc) is 2.99. The molecule has 0 aromatic heterocycles. The SMILES string of the molecule is CC(=O)CC1CCCN1C1CCOC2(CCOC2)C1. The number of rotatable bonds is 3. The van der Waals surface area contributed by atoms with Gasteiger partial charge >= 0.3 is 0 Å². The van der Waals surface area contributed by atoms with E-state index in [-0.39, 0.29) is 5.60 Å². The molecule has 0 aliphatic carbocycles. The summed E-state index contributed by atoms with van der Waals surface area (Å²) in [5.74, 6) is 0.322. The fraction of sp³-hybridized carbons (Fsp3) is 0.933. The highest BCUT2D eigenvalue weighted by molar-refractivity contribution is 5.76. The molecule has 3 aliphatic heterocycles. The number of hydrogen-bond donors (Lipinski definition) is 0. The largest absolute Gasteiger partial charge is 0.378 e. The molecule has 0 saturated carbocycles. The molecule has 3 saturated heterocycles. The van der Waals surface area contributed by atoms with Gasteiger partial charge in [-0.1, -0.05) is 0 Å². The van der Waals surface area contributed by atoms with Gasteiger partial charge in [0.25, 0.3) is 0 Å². The molecule has 3 rings (SSSR count). The van der Waals surface area contributed by atoms with Crippen molar-refractivity contribution < 1.29 is 14.3 Å². The van der Waals surface area contributed by atoms with Crippen LogP contribution in [0.4, 0.5) is 0 Å². The van der Waals surface area contributed by atoms with Crippen LogP contribution in [0.2, 0.25) is 0 Å². The van der Waals surface area contributed by atoms with Gasteiger partial charge in [-0.2, -0.15) is 0 Å². The van der Waals surface area contributed by atoms with Crippen molar-refractivity contribution >= 4 is 5.78 Å². The van der Waals surface area contributed by atoms with Crippen LogP contribution in [-0.4, -0.2) is 54.7 Å². The van der Waals surface area contributed by atoms with Crippen LogP contribution in [0.5, 0.6) is 0 Å². The molecule has 0 amide bonds. The van der Waals surface area contributed by atoms with Crippen molar-refractivity contribution in [2.45, 2.75) is 63.1 Å². The summed E-state index contributed by atoms with van der Waals surface area (Å²) in [5.41, 5.74) is -0.0215. The third kappa shape index (κ3) is 2.86. The summed E-state index contributed by atoms with van der Waals surface area (Å²) in [4.78, 5) is 14.0. The molecule has 1 spiro atoms. The van der Waals surface area contributed by atoms with Gasteiger partial charge in [0, 0.05) is 38.1 Å². The molecule has 3 unspecified atom stereocenters. The van der Waals surface area contributed by atoms with Crippen molar-refractivity contribution in [2.24, 2.45) is 0 Å². The maximum absolute atomic E-state index is 11.4. The Bertz CT molecular complexity index is 338. The van der Waals surface area contributed by atoms with Crippen LogP contribution in [0.3, 0.4) is 0 Å². The third-order valence-corrected chi connectivity index (χ3v) is 4.95. The van der Waals surface area contributed by atoms with Gasteiger partial charge < -0.3 is 9.47 Å². The lowest BCUT2D eigenvalue weighted by atomic mass is 9.88.